The average molecular weight is 355 g/mol. The third kappa shape index (κ3) is 3.68. The van der Waals surface area contributed by atoms with E-state index in [1.807, 2.05) is 0 Å². The topological polar surface area (TPSA) is 60.4 Å². The van der Waals surface area contributed by atoms with Crippen molar-refractivity contribution in [3.8, 4) is 5.75 Å². The minimum absolute atomic E-state index is 0.165. The van der Waals surface area contributed by atoms with Crippen LogP contribution in [0.4, 0.5) is 0 Å². The van der Waals surface area contributed by atoms with Crippen molar-refractivity contribution in [2.24, 2.45) is 0 Å². The fourth-order valence-electron chi connectivity index (χ4n) is 1.51. The van der Waals surface area contributed by atoms with Crippen molar-refractivity contribution in [3.63, 3.8) is 0 Å². The largest absolute Gasteiger partial charge is 0.423 e. The minimum atomic E-state index is -3.27. The monoisotopic (exact) mass is 354 g/mol. The summed E-state index contributed by atoms with van der Waals surface area (Å²) in [7, 11) is -3.27. The molecule has 6 heteroatoms. The van der Waals surface area contributed by atoms with Crippen LogP contribution in [0.15, 0.2) is 57.9 Å². The Labute approximate surface area is 125 Å². The van der Waals surface area contributed by atoms with E-state index >= 15 is 0 Å². The Balaban J connectivity index is 2.15. The Kier molecular flexibility index (Phi) is 4.25. The molecule has 2 rings (SSSR count). The first-order valence-corrected chi connectivity index (χ1v) is 8.32. The van der Waals surface area contributed by atoms with E-state index in [0.717, 1.165) is 10.7 Å². The second kappa shape index (κ2) is 5.76. The lowest BCUT2D eigenvalue weighted by molar-refractivity contribution is 0.0734. The van der Waals surface area contributed by atoms with Crippen LogP contribution in [0.5, 0.6) is 5.75 Å². The molecule has 0 amide bonds. The summed E-state index contributed by atoms with van der Waals surface area (Å²) in [6.07, 6.45) is 1.11. The van der Waals surface area contributed by atoms with Crippen LogP contribution >= 0.6 is 15.9 Å². The minimum Gasteiger partial charge on any atom is -0.423 e. The van der Waals surface area contributed by atoms with E-state index in [4.69, 9.17) is 4.74 Å². The molecular weight excluding hydrogens is 344 g/mol. The van der Waals surface area contributed by atoms with Gasteiger partial charge in [-0.2, -0.15) is 0 Å². The predicted molar refractivity (Wildman–Crippen MR) is 78.7 cm³/mol. The number of esters is 1. The summed E-state index contributed by atoms with van der Waals surface area (Å²) in [4.78, 5) is 12.0. The van der Waals surface area contributed by atoms with Gasteiger partial charge in [0.05, 0.1) is 10.5 Å². The molecule has 0 aromatic heterocycles. The van der Waals surface area contributed by atoms with Gasteiger partial charge < -0.3 is 4.74 Å². The fourth-order valence-corrected chi connectivity index (χ4v) is 2.40. The van der Waals surface area contributed by atoms with Crippen molar-refractivity contribution in [2.75, 3.05) is 6.26 Å². The molecule has 2 aromatic carbocycles. The zero-order valence-electron chi connectivity index (χ0n) is 10.5. The smallest absolute Gasteiger partial charge is 0.343 e. The lowest BCUT2D eigenvalue weighted by Crippen LogP contribution is -2.08. The summed E-state index contributed by atoms with van der Waals surface area (Å²) in [6.45, 7) is 0. The van der Waals surface area contributed by atoms with Gasteiger partial charge in [-0.1, -0.05) is 15.9 Å². The van der Waals surface area contributed by atoms with E-state index in [2.05, 4.69) is 15.9 Å². The molecule has 0 aliphatic rings. The van der Waals surface area contributed by atoms with Crippen LogP contribution in [-0.4, -0.2) is 20.6 Å². The normalized spacial score (nSPS) is 11.1. The lowest BCUT2D eigenvalue weighted by atomic mass is 10.2. The molecule has 0 fully saturated rings. The summed E-state index contributed by atoms with van der Waals surface area (Å²) in [5.74, 6) is -0.113. The zero-order chi connectivity index (χ0) is 14.8. The van der Waals surface area contributed by atoms with Gasteiger partial charge in [-0.15, -0.1) is 0 Å². The van der Waals surface area contributed by atoms with Gasteiger partial charge in [-0.3, -0.25) is 0 Å². The molecule has 4 nitrogen and oxygen atoms in total. The second-order valence-electron chi connectivity index (χ2n) is 4.14. The number of halogens is 1. The van der Waals surface area contributed by atoms with Gasteiger partial charge in [0.1, 0.15) is 5.75 Å². The molecule has 0 heterocycles. The average Bonchev–Trinajstić information content (AvgIpc) is 2.40. The summed E-state index contributed by atoms with van der Waals surface area (Å²) in [5, 5.41) is 0. The van der Waals surface area contributed by atoms with Crippen molar-refractivity contribution in [1.82, 2.24) is 0 Å². The molecule has 0 aliphatic carbocycles. The highest BCUT2D eigenvalue weighted by atomic mass is 79.9. The predicted octanol–water partition coefficient (Wildman–Crippen LogP) is 3.07. The van der Waals surface area contributed by atoms with Crippen LogP contribution < -0.4 is 4.74 Å². The van der Waals surface area contributed by atoms with Crippen molar-refractivity contribution in [1.29, 1.82) is 0 Å². The van der Waals surface area contributed by atoms with Gasteiger partial charge in [-0.25, -0.2) is 13.2 Å². The Morgan fingerprint density at radius 3 is 2.05 bits per heavy atom. The number of rotatable bonds is 3. The third-order valence-electron chi connectivity index (χ3n) is 2.54. The van der Waals surface area contributed by atoms with Gasteiger partial charge in [-0.05, 0) is 48.5 Å². The lowest BCUT2D eigenvalue weighted by Gasteiger charge is -2.05. The number of carbonyl (C=O) groups excluding carboxylic acids is 1. The van der Waals surface area contributed by atoms with E-state index in [1.165, 1.54) is 24.3 Å². The van der Waals surface area contributed by atoms with Crippen LogP contribution in [0.25, 0.3) is 0 Å². The second-order valence-corrected chi connectivity index (χ2v) is 7.07. The van der Waals surface area contributed by atoms with Crippen molar-refractivity contribution in [2.45, 2.75) is 4.90 Å². The van der Waals surface area contributed by atoms with Gasteiger partial charge in [0.25, 0.3) is 0 Å². The highest BCUT2D eigenvalue weighted by Gasteiger charge is 2.11. The maximum absolute atomic E-state index is 11.9. The van der Waals surface area contributed by atoms with Crippen molar-refractivity contribution in [3.05, 3.63) is 58.6 Å². The molecule has 0 unspecified atom stereocenters. The Bertz CT molecular complexity index is 719. The van der Waals surface area contributed by atoms with Crippen molar-refractivity contribution < 1.29 is 17.9 Å². The summed E-state index contributed by atoms with van der Waals surface area (Å²) in [6, 6.07) is 12.5. The molecule has 0 N–H and O–H groups in total. The number of sulfone groups is 1. The maximum Gasteiger partial charge on any atom is 0.343 e. The zero-order valence-corrected chi connectivity index (χ0v) is 12.9. The van der Waals surface area contributed by atoms with E-state index < -0.39 is 15.8 Å². The van der Waals surface area contributed by atoms with E-state index in [9.17, 15) is 13.2 Å². The van der Waals surface area contributed by atoms with E-state index in [1.54, 1.807) is 24.3 Å². The number of hydrogen-bond donors (Lipinski definition) is 0. The molecule has 0 saturated carbocycles. The first-order chi connectivity index (χ1) is 9.36. The van der Waals surface area contributed by atoms with E-state index in [0.29, 0.717) is 11.3 Å². The SMILES string of the molecule is CS(=O)(=O)c1ccc(C(=O)Oc2ccc(Br)cc2)cc1. The van der Waals surface area contributed by atoms with Crippen LogP contribution in [0.1, 0.15) is 10.4 Å². The van der Waals surface area contributed by atoms with Crippen LogP contribution in [0.3, 0.4) is 0 Å². The quantitative estimate of drug-likeness (QED) is 0.627. The Morgan fingerprint density at radius 1 is 1.00 bits per heavy atom. The highest BCUT2D eigenvalue weighted by Crippen LogP contribution is 2.18. The van der Waals surface area contributed by atoms with Crippen LogP contribution in [0.2, 0.25) is 0 Å². The van der Waals surface area contributed by atoms with Gasteiger partial charge >= 0.3 is 5.97 Å². The van der Waals surface area contributed by atoms with Crippen molar-refractivity contribution >= 4 is 31.7 Å². The first-order valence-electron chi connectivity index (χ1n) is 5.64. The third-order valence-corrected chi connectivity index (χ3v) is 4.20. The summed E-state index contributed by atoms with van der Waals surface area (Å²) >= 11 is 3.29. The molecule has 20 heavy (non-hydrogen) atoms. The molecule has 0 radical (unpaired) electrons. The molecule has 0 spiro atoms. The number of ether oxygens (including phenoxy) is 1. The molecule has 0 saturated heterocycles. The number of carbonyl (C=O) groups is 1. The molecule has 0 bridgehead atoms. The molecule has 104 valence electrons. The Hall–Kier alpha value is -1.66. The fraction of sp³-hybridized carbons (Fsp3) is 0.0714. The van der Waals surface area contributed by atoms with Gasteiger partial charge in [0, 0.05) is 10.7 Å². The highest BCUT2D eigenvalue weighted by molar-refractivity contribution is 9.10. The first kappa shape index (κ1) is 14.7. The summed E-state index contributed by atoms with van der Waals surface area (Å²) in [5.41, 5.74) is 0.292. The van der Waals surface area contributed by atoms with E-state index in [-0.39, 0.29) is 4.90 Å². The van der Waals surface area contributed by atoms with Gasteiger partial charge in [0.15, 0.2) is 9.84 Å². The molecule has 0 aliphatic heterocycles. The molecule has 2 aromatic rings. The van der Waals surface area contributed by atoms with Crippen LogP contribution in [-0.2, 0) is 9.84 Å². The Morgan fingerprint density at radius 2 is 1.55 bits per heavy atom. The standard InChI is InChI=1S/C14H11BrO4S/c1-20(17,18)13-8-2-10(3-9-13)14(16)19-12-6-4-11(15)5-7-12/h2-9H,1H3. The van der Waals surface area contributed by atoms with Gasteiger partial charge in [0.2, 0.25) is 0 Å². The molecule has 0 atom stereocenters. The summed E-state index contributed by atoms with van der Waals surface area (Å²) < 4.78 is 28.7. The van der Waals surface area contributed by atoms with Crippen LogP contribution in [0, 0.1) is 0 Å². The molecular formula is C14H11BrO4S. The number of benzene rings is 2. The number of hydrogen-bond acceptors (Lipinski definition) is 4. The maximum atomic E-state index is 11.9.